The van der Waals surface area contributed by atoms with Crippen molar-refractivity contribution in [3.63, 3.8) is 0 Å². The van der Waals surface area contributed by atoms with Crippen LogP contribution in [0.5, 0.6) is 11.5 Å². The van der Waals surface area contributed by atoms with Crippen molar-refractivity contribution in [2.75, 3.05) is 52.4 Å². The molecule has 0 aromatic heterocycles. The van der Waals surface area contributed by atoms with E-state index in [1.807, 2.05) is 30.0 Å². The van der Waals surface area contributed by atoms with Crippen molar-refractivity contribution >= 4 is 29.1 Å². The number of piperidine rings is 1. The number of phenolic OH excluding ortho intramolecular Hbond substituents is 1. The topological polar surface area (TPSA) is 82.3 Å². The molecule has 2 fully saturated rings. The molecule has 3 N–H and O–H groups in total. The van der Waals surface area contributed by atoms with Gasteiger partial charge in [-0.15, -0.1) is 0 Å². The van der Waals surface area contributed by atoms with Crippen molar-refractivity contribution < 1.29 is 19.0 Å². The Hall–Kier alpha value is -2.88. The van der Waals surface area contributed by atoms with E-state index < -0.39 is 6.04 Å². The number of likely N-dealkylation sites (tertiary alicyclic amines) is 1. The number of nitrogens with zero attached hydrogens (tertiary/aromatic N) is 3. The molecule has 7 nitrogen and oxygen atoms in total. The van der Waals surface area contributed by atoms with E-state index in [0.29, 0.717) is 60.7 Å². The number of nitrogens with two attached hydrogens (primary N) is 1. The number of amides is 1. The summed E-state index contributed by atoms with van der Waals surface area (Å²) < 4.78 is 20.2. The minimum atomic E-state index is -0.521. The van der Waals surface area contributed by atoms with Crippen LogP contribution in [-0.2, 0) is 17.8 Å². The number of aromatic hydroxyl groups is 1. The van der Waals surface area contributed by atoms with Crippen LogP contribution in [0.25, 0.3) is 11.1 Å². The summed E-state index contributed by atoms with van der Waals surface area (Å²) in [7, 11) is 0. The van der Waals surface area contributed by atoms with Gasteiger partial charge in [0.05, 0.1) is 12.6 Å². The molecule has 3 aromatic rings. The minimum Gasteiger partial charge on any atom is -0.508 e. The average molecular weight is 644 g/mol. The summed E-state index contributed by atoms with van der Waals surface area (Å²) >= 11 is 12.8. The second kappa shape index (κ2) is 14.9. The molecule has 1 atom stereocenters. The van der Waals surface area contributed by atoms with Gasteiger partial charge in [-0.05, 0) is 98.8 Å². The first kappa shape index (κ1) is 32.5. The van der Waals surface area contributed by atoms with Crippen molar-refractivity contribution in [1.82, 2.24) is 14.7 Å². The highest BCUT2D eigenvalue weighted by Crippen LogP contribution is 2.35. The Balaban J connectivity index is 1.10. The molecular formula is C34H41Cl2FN4O3. The molecule has 236 valence electrons. The molecule has 44 heavy (non-hydrogen) atoms. The molecule has 2 saturated heterocycles. The summed E-state index contributed by atoms with van der Waals surface area (Å²) in [6, 6.07) is 15.1. The molecular weight excluding hydrogens is 602 g/mol. The van der Waals surface area contributed by atoms with Crippen LogP contribution in [-0.4, -0.2) is 84.2 Å². The zero-order valence-corrected chi connectivity index (χ0v) is 26.7. The van der Waals surface area contributed by atoms with Gasteiger partial charge in [-0.2, -0.15) is 0 Å². The van der Waals surface area contributed by atoms with E-state index in [1.165, 1.54) is 6.07 Å². The van der Waals surface area contributed by atoms with E-state index >= 15 is 0 Å². The predicted octanol–water partition coefficient (Wildman–Crippen LogP) is 5.83. The van der Waals surface area contributed by atoms with Crippen molar-refractivity contribution in [3.8, 4) is 22.6 Å². The molecule has 1 amide bonds. The molecule has 0 radical (unpaired) electrons. The number of rotatable bonds is 10. The lowest BCUT2D eigenvalue weighted by Crippen LogP contribution is -2.55. The van der Waals surface area contributed by atoms with E-state index in [-0.39, 0.29) is 23.4 Å². The highest BCUT2D eigenvalue weighted by molar-refractivity contribution is 6.33. The van der Waals surface area contributed by atoms with Crippen LogP contribution in [0.3, 0.4) is 0 Å². The Morgan fingerprint density at radius 3 is 2.48 bits per heavy atom. The number of carbonyl (C=O) groups excluding carboxylic acids is 1. The fraction of sp³-hybridized carbons (Fsp3) is 0.441. The summed E-state index contributed by atoms with van der Waals surface area (Å²) in [5.41, 5.74) is 9.93. The van der Waals surface area contributed by atoms with E-state index in [2.05, 4.69) is 9.80 Å². The molecule has 2 aliphatic heterocycles. The Kier molecular flexibility index (Phi) is 11.0. The molecule has 10 heteroatoms. The third kappa shape index (κ3) is 7.85. The smallest absolute Gasteiger partial charge is 0.239 e. The van der Waals surface area contributed by atoms with Gasteiger partial charge in [0.2, 0.25) is 5.91 Å². The van der Waals surface area contributed by atoms with Crippen LogP contribution >= 0.6 is 23.2 Å². The van der Waals surface area contributed by atoms with Gasteiger partial charge in [0.15, 0.2) is 0 Å². The lowest BCUT2D eigenvalue weighted by Gasteiger charge is -2.39. The van der Waals surface area contributed by atoms with E-state index in [0.717, 1.165) is 55.6 Å². The van der Waals surface area contributed by atoms with E-state index in [9.17, 15) is 14.3 Å². The van der Waals surface area contributed by atoms with Crippen LogP contribution in [0.1, 0.15) is 30.9 Å². The fourth-order valence-electron chi connectivity index (χ4n) is 6.31. The van der Waals surface area contributed by atoms with Gasteiger partial charge in [0, 0.05) is 60.4 Å². The predicted molar refractivity (Wildman–Crippen MR) is 174 cm³/mol. The lowest BCUT2D eigenvalue weighted by atomic mass is 9.88. The van der Waals surface area contributed by atoms with Gasteiger partial charge < -0.3 is 25.4 Å². The quantitative estimate of drug-likeness (QED) is 0.290. The average Bonchev–Trinajstić information content (AvgIpc) is 3.03. The molecule has 0 unspecified atom stereocenters. The van der Waals surface area contributed by atoms with Crippen LogP contribution in [0.4, 0.5) is 4.39 Å². The maximum atomic E-state index is 14.5. The molecule has 3 aromatic carbocycles. The number of carbonyl (C=O) groups is 1. The van der Waals surface area contributed by atoms with Crippen molar-refractivity contribution in [2.45, 2.75) is 38.8 Å². The first-order valence-electron chi connectivity index (χ1n) is 15.4. The third-order valence-corrected chi connectivity index (χ3v) is 9.44. The Bertz CT molecular complexity index is 1440. The van der Waals surface area contributed by atoms with Crippen molar-refractivity contribution in [2.24, 2.45) is 11.7 Å². The van der Waals surface area contributed by atoms with E-state index in [1.54, 1.807) is 30.3 Å². The summed E-state index contributed by atoms with van der Waals surface area (Å²) in [6.07, 6.45) is 2.50. The maximum Gasteiger partial charge on any atom is 0.239 e. The largest absolute Gasteiger partial charge is 0.508 e. The van der Waals surface area contributed by atoms with Crippen LogP contribution < -0.4 is 10.5 Å². The zero-order valence-electron chi connectivity index (χ0n) is 25.2. The molecule has 5 rings (SSSR count). The molecule has 0 spiro atoms. The van der Waals surface area contributed by atoms with Gasteiger partial charge in [-0.25, -0.2) is 4.39 Å². The monoisotopic (exact) mass is 642 g/mol. The van der Waals surface area contributed by atoms with Gasteiger partial charge in [-0.3, -0.25) is 9.69 Å². The minimum absolute atomic E-state index is 0.00978. The Morgan fingerprint density at radius 1 is 1.00 bits per heavy atom. The third-order valence-electron chi connectivity index (χ3n) is 8.87. The first-order valence-corrected chi connectivity index (χ1v) is 16.2. The molecule has 2 heterocycles. The summed E-state index contributed by atoms with van der Waals surface area (Å²) in [6.45, 7) is 7.88. The van der Waals surface area contributed by atoms with Gasteiger partial charge in [0.1, 0.15) is 17.3 Å². The molecule has 0 saturated carbocycles. The number of hydrogen-bond acceptors (Lipinski definition) is 6. The summed E-state index contributed by atoms with van der Waals surface area (Å²) in [5.74, 6) is 0.621. The SMILES string of the molecule is CCOc1cccc(F)c1CN1CCN(C(=O)[C@H](N)C2CCN(CCc3cc(Cl)ccc3-c3cc(O)ccc3Cl)CC2)CC1. The first-order chi connectivity index (χ1) is 21.2. The standard InChI is InChI=1S/C34H41Cl2FN4O3/c1-2-44-32-5-3-4-31(37)29(32)22-40-16-18-41(19-17-40)34(43)33(38)23-10-13-39(14-11-23)15-12-24-20-25(35)6-8-27(24)28-21-26(42)7-9-30(28)36/h3-9,20-21,23,33,42H,2,10-19,22,38H2,1H3/t33-/m1/s1. The number of phenols is 1. The Labute approximate surface area is 269 Å². The molecule has 2 aliphatic rings. The number of ether oxygens (including phenoxy) is 1. The van der Waals surface area contributed by atoms with E-state index in [4.69, 9.17) is 33.7 Å². The zero-order chi connectivity index (χ0) is 31.2. The molecule has 0 aliphatic carbocycles. The van der Waals surface area contributed by atoms with Gasteiger partial charge >= 0.3 is 0 Å². The number of piperazine rings is 1. The highest BCUT2D eigenvalue weighted by Gasteiger charge is 2.33. The number of benzene rings is 3. The number of hydrogen-bond donors (Lipinski definition) is 2. The lowest BCUT2D eigenvalue weighted by molar-refractivity contribution is -0.136. The van der Waals surface area contributed by atoms with Crippen LogP contribution in [0.2, 0.25) is 10.0 Å². The second-order valence-electron chi connectivity index (χ2n) is 11.7. The normalized spacial score (nSPS) is 17.5. The summed E-state index contributed by atoms with van der Waals surface area (Å²) in [5, 5.41) is 11.3. The highest BCUT2D eigenvalue weighted by atomic mass is 35.5. The van der Waals surface area contributed by atoms with Crippen LogP contribution in [0.15, 0.2) is 54.6 Å². The fourth-order valence-corrected chi connectivity index (χ4v) is 6.73. The molecule has 0 bridgehead atoms. The summed E-state index contributed by atoms with van der Waals surface area (Å²) in [4.78, 5) is 19.8. The Morgan fingerprint density at radius 2 is 1.75 bits per heavy atom. The van der Waals surface area contributed by atoms with Crippen molar-refractivity contribution in [1.29, 1.82) is 0 Å². The van der Waals surface area contributed by atoms with Crippen molar-refractivity contribution in [3.05, 3.63) is 81.6 Å². The second-order valence-corrected chi connectivity index (χ2v) is 12.5. The van der Waals surface area contributed by atoms with Gasteiger partial charge in [-0.1, -0.05) is 35.3 Å². The maximum absolute atomic E-state index is 14.5. The number of halogens is 3. The van der Waals surface area contributed by atoms with Gasteiger partial charge in [0.25, 0.3) is 0 Å². The van der Waals surface area contributed by atoms with Crippen LogP contribution in [0, 0.1) is 11.7 Å².